The van der Waals surface area contributed by atoms with Crippen LogP contribution in [0.2, 0.25) is 0 Å². The van der Waals surface area contributed by atoms with Crippen molar-refractivity contribution in [1.29, 1.82) is 0 Å². The minimum atomic E-state index is -0.115. The van der Waals surface area contributed by atoms with Gasteiger partial charge in [-0.05, 0) is 25.0 Å². The Labute approximate surface area is 117 Å². The molecule has 19 heavy (non-hydrogen) atoms. The zero-order chi connectivity index (χ0) is 13.2. The topological polar surface area (TPSA) is 53.4 Å². The van der Waals surface area contributed by atoms with E-state index in [4.69, 9.17) is 0 Å². The second-order valence-corrected chi connectivity index (χ2v) is 6.48. The molecule has 1 aliphatic heterocycles. The molecule has 2 aliphatic rings. The zero-order valence-electron chi connectivity index (χ0n) is 10.8. The predicted octanol–water partition coefficient (Wildman–Crippen LogP) is 2.29. The summed E-state index contributed by atoms with van der Waals surface area (Å²) in [5, 5.41) is 10.4. The minimum absolute atomic E-state index is 0.0157. The Bertz CT molecular complexity index is 478. The lowest BCUT2D eigenvalue weighted by molar-refractivity contribution is 0.0637. The van der Waals surface area contributed by atoms with Gasteiger partial charge in [0.2, 0.25) is 0 Å². The molecule has 3 rings (SSSR count). The smallest absolute Gasteiger partial charge is 0.276 e. The maximum absolute atomic E-state index is 12.6. The Morgan fingerprint density at radius 2 is 2.26 bits per heavy atom. The number of pyridine rings is 1. The van der Waals surface area contributed by atoms with Crippen molar-refractivity contribution < 1.29 is 9.90 Å². The van der Waals surface area contributed by atoms with Gasteiger partial charge in [0.25, 0.3) is 5.91 Å². The number of aromatic hydroxyl groups is 1. The molecular weight excluding hydrogens is 260 g/mol. The molecule has 0 spiro atoms. The maximum atomic E-state index is 12.6. The van der Waals surface area contributed by atoms with E-state index in [1.54, 1.807) is 12.3 Å². The molecule has 1 N–H and O–H groups in total. The maximum Gasteiger partial charge on any atom is 0.276 e. The highest BCUT2D eigenvalue weighted by atomic mass is 32.2. The van der Waals surface area contributed by atoms with Gasteiger partial charge in [0.1, 0.15) is 5.75 Å². The first kappa shape index (κ1) is 12.8. The average Bonchev–Trinajstić information content (AvgIpc) is 2.46. The van der Waals surface area contributed by atoms with Crippen LogP contribution < -0.4 is 0 Å². The van der Waals surface area contributed by atoms with E-state index < -0.39 is 0 Å². The van der Waals surface area contributed by atoms with E-state index in [1.807, 2.05) is 16.7 Å². The molecule has 0 radical (unpaired) electrons. The van der Waals surface area contributed by atoms with Crippen LogP contribution in [0.25, 0.3) is 0 Å². The molecule has 1 amide bonds. The highest BCUT2D eigenvalue weighted by Gasteiger charge is 2.37. The monoisotopic (exact) mass is 278 g/mol. The predicted molar refractivity (Wildman–Crippen MR) is 75.4 cm³/mol. The van der Waals surface area contributed by atoms with E-state index in [0.29, 0.717) is 11.3 Å². The Morgan fingerprint density at radius 3 is 3.11 bits per heavy atom. The summed E-state index contributed by atoms with van der Waals surface area (Å²) >= 11 is 1.99. The Morgan fingerprint density at radius 1 is 1.42 bits per heavy atom. The van der Waals surface area contributed by atoms with Gasteiger partial charge in [-0.25, -0.2) is 4.98 Å². The number of carbonyl (C=O) groups is 1. The van der Waals surface area contributed by atoms with Crippen LogP contribution in [0.4, 0.5) is 0 Å². The second kappa shape index (κ2) is 5.41. The van der Waals surface area contributed by atoms with Crippen LogP contribution in [0.1, 0.15) is 36.2 Å². The van der Waals surface area contributed by atoms with E-state index in [1.165, 1.54) is 25.3 Å². The summed E-state index contributed by atoms with van der Waals surface area (Å²) < 4.78 is 0. The molecule has 0 aromatic carbocycles. The van der Waals surface area contributed by atoms with E-state index in [0.717, 1.165) is 18.7 Å². The molecule has 1 saturated carbocycles. The van der Waals surface area contributed by atoms with Gasteiger partial charge in [-0.3, -0.25) is 4.79 Å². The van der Waals surface area contributed by atoms with Crippen molar-refractivity contribution in [1.82, 2.24) is 9.88 Å². The summed E-state index contributed by atoms with van der Waals surface area (Å²) in [6, 6.07) is 3.49. The molecule has 1 aromatic heterocycles. The molecule has 0 bridgehead atoms. The van der Waals surface area contributed by atoms with Gasteiger partial charge in [0.05, 0.1) is 0 Å². The molecule has 4 nitrogen and oxygen atoms in total. The van der Waals surface area contributed by atoms with Gasteiger partial charge in [-0.1, -0.05) is 12.8 Å². The van der Waals surface area contributed by atoms with Crippen LogP contribution >= 0.6 is 11.8 Å². The van der Waals surface area contributed by atoms with Crippen molar-refractivity contribution in [2.45, 2.75) is 37.0 Å². The Hall–Kier alpha value is -1.23. The molecule has 2 fully saturated rings. The van der Waals surface area contributed by atoms with E-state index >= 15 is 0 Å². The van der Waals surface area contributed by atoms with Crippen molar-refractivity contribution in [2.75, 3.05) is 12.3 Å². The van der Waals surface area contributed by atoms with Crippen LogP contribution in [0, 0.1) is 0 Å². The van der Waals surface area contributed by atoms with Crippen LogP contribution in [0.5, 0.6) is 5.75 Å². The quantitative estimate of drug-likeness (QED) is 0.856. The summed E-state index contributed by atoms with van der Waals surface area (Å²) in [5.74, 6) is 0.855. The SMILES string of the molecule is O=C(c1ncccc1O)N1CCS[C@@H]2CCCC[C@@H]21. The molecule has 2 heterocycles. The Balaban J connectivity index is 1.84. The normalized spacial score (nSPS) is 26.8. The fraction of sp³-hybridized carbons (Fsp3) is 0.571. The molecule has 1 aliphatic carbocycles. The van der Waals surface area contributed by atoms with Crippen molar-refractivity contribution in [3.8, 4) is 5.75 Å². The van der Waals surface area contributed by atoms with Crippen molar-refractivity contribution in [2.24, 2.45) is 0 Å². The number of rotatable bonds is 1. The number of thioether (sulfide) groups is 1. The Kier molecular flexibility index (Phi) is 3.64. The lowest BCUT2D eigenvalue weighted by Gasteiger charge is -2.43. The number of nitrogens with zero attached hydrogens (tertiary/aromatic N) is 2. The van der Waals surface area contributed by atoms with Gasteiger partial charge < -0.3 is 10.0 Å². The van der Waals surface area contributed by atoms with Crippen LogP contribution in [-0.4, -0.2) is 44.5 Å². The van der Waals surface area contributed by atoms with E-state index in [2.05, 4.69) is 4.98 Å². The van der Waals surface area contributed by atoms with Gasteiger partial charge in [0, 0.05) is 29.8 Å². The first-order chi connectivity index (χ1) is 9.27. The third-order valence-electron chi connectivity index (χ3n) is 3.98. The highest BCUT2D eigenvalue weighted by Crippen LogP contribution is 2.36. The fourth-order valence-corrected chi connectivity index (χ4v) is 4.49. The van der Waals surface area contributed by atoms with Crippen molar-refractivity contribution in [3.63, 3.8) is 0 Å². The van der Waals surface area contributed by atoms with Gasteiger partial charge in [-0.2, -0.15) is 11.8 Å². The molecule has 5 heteroatoms. The third-order valence-corrected chi connectivity index (χ3v) is 5.38. The van der Waals surface area contributed by atoms with Gasteiger partial charge in [0.15, 0.2) is 5.69 Å². The minimum Gasteiger partial charge on any atom is -0.505 e. The number of carbonyl (C=O) groups excluding carboxylic acids is 1. The zero-order valence-corrected chi connectivity index (χ0v) is 11.6. The number of fused-ring (bicyclic) bond motifs is 1. The summed E-state index contributed by atoms with van der Waals surface area (Å²) in [6.45, 7) is 0.765. The third kappa shape index (κ3) is 2.43. The summed E-state index contributed by atoms with van der Waals surface area (Å²) in [6.07, 6.45) is 6.30. The summed E-state index contributed by atoms with van der Waals surface area (Å²) in [5.41, 5.74) is 0.193. The standard InChI is InChI=1S/C14H18N2O2S/c17-11-5-3-7-15-13(11)14(18)16-8-9-19-12-6-2-1-4-10(12)16/h3,5,7,10,12,17H,1-2,4,6,8-9H2/t10-,12+/m0/s1. The number of aromatic nitrogens is 1. The molecule has 2 atom stereocenters. The first-order valence-corrected chi connectivity index (χ1v) is 7.89. The summed E-state index contributed by atoms with van der Waals surface area (Å²) in [4.78, 5) is 18.5. The van der Waals surface area contributed by atoms with Crippen LogP contribution in [0.3, 0.4) is 0 Å². The fourth-order valence-electron chi connectivity index (χ4n) is 3.05. The number of amides is 1. The van der Waals surface area contributed by atoms with Gasteiger partial charge in [-0.15, -0.1) is 0 Å². The highest BCUT2D eigenvalue weighted by molar-refractivity contribution is 8.00. The van der Waals surface area contributed by atoms with Crippen LogP contribution in [-0.2, 0) is 0 Å². The van der Waals surface area contributed by atoms with Crippen LogP contribution in [0.15, 0.2) is 18.3 Å². The van der Waals surface area contributed by atoms with E-state index in [9.17, 15) is 9.90 Å². The number of hydrogen-bond acceptors (Lipinski definition) is 4. The lowest BCUT2D eigenvalue weighted by atomic mass is 9.93. The summed E-state index contributed by atoms with van der Waals surface area (Å²) in [7, 11) is 0. The average molecular weight is 278 g/mol. The van der Waals surface area contributed by atoms with Crippen molar-refractivity contribution in [3.05, 3.63) is 24.0 Å². The molecule has 1 aromatic rings. The van der Waals surface area contributed by atoms with Gasteiger partial charge >= 0.3 is 0 Å². The van der Waals surface area contributed by atoms with E-state index in [-0.39, 0.29) is 17.4 Å². The number of hydrogen-bond donors (Lipinski definition) is 1. The molecule has 0 unspecified atom stereocenters. The van der Waals surface area contributed by atoms with Crippen molar-refractivity contribution >= 4 is 17.7 Å². The molecule has 1 saturated heterocycles. The lowest BCUT2D eigenvalue weighted by Crippen LogP contribution is -2.51. The first-order valence-electron chi connectivity index (χ1n) is 6.84. The second-order valence-electron chi connectivity index (χ2n) is 5.13. The largest absolute Gasteiger partial charge is 0.505 e. The molecular formula is C14H18N2O2S. The molecule has 102 valence electrons.